The van der Waals surface area contributed by atoms with Gasteiger partial charge in [0.15, 0.2) is 0 Å². The Morgan fingerprint density at radius 2 is 2.30 bits per heavy atom. The average Bonchev–Trinajstić information content (AvgIpc) is 3.10. The summed E-state index contributed by atoms with van der Waals surface area (Å²) in [6.07, 6.45) is 2.50. The first-order valence-electron chi connectivity index (χ1n) is 8.55. The molecule has 6 nitrogen and oxygen atoms in total. The Labute approximate surface area is 135 Å². The number of hydrogen-bond acceptors (Lipinski definition) is 4. The number of hydrogen-bond donors (Lipinski definition) is 2. The zero-order chi connectivity index (χ0) is 15.8. The molecule has 0 radical (unpaired) electrons. The van der Waals surface area contributed by atoms with Gasteiger partial charge in [-0.25, -0.2) is 0 Å². The number of nitrogens with zero attached hydrogens (tertiary/aromatic N) is 1. The van der Waals surface area contributed by atoms with Crippen LogP contribution in [0, 0.1) is 5.92 Å². The molecule has 124 valence electrons. The van der Waals surface area contributed by atoms with Crippen LogP contribution < -0.4 is 16.2 Å². The Hall–Kier alpha value is -1.66. The number of rotatable bonds is 3. The van der Waals surface area contributed by atoms with Gasteiger partial charge in [-0.1, -0.05) is 6.07 Å². The van der Waals surface area contributed by atoms with Crippen LogP contribution in [0.3, 0.4) is 0 Å². The Morgan fingerprint density at radius 3 is 3.13 bits per heavy atom. The van der Waals surface area contributed by atoms with Crippen molar-refractivity contribution in [2.45, 2.75) is 37.3 Å². The highest BCUT2D eigenvalue weighted by Gasteiger charge is 2.38. The standard InChI is InChI=1S/C17H23N3O3/c21-16-5-1-3-13-11-7-12(9-18-8-11)14(20(13)16)10-19-17(22)15-4-2-6-23-15/h1,3,5,11-12,14-15,18H,2,4,6-10H2,(H,19,22)/t11-,12+,14+,15+/m1/s1. The Balaban J connectivity index is 1.56. The minimum absolute atomic E-state index is 0.0214. The van der Waals surface area contributed by atoms with Crippen molar-refractivity contribution in [1.82, 2.24) is 15.2 Å². The third kappa shape index (κ3) is 2.70. The lowest BCUT2D eigenvalue weighted by Crippen LogP contribution is -2.51. The second kappa shape index (κ2) is 6.09. The molecule has 3 aliphatic rings. The van der Waals surface area contributed by atoms with E-state index in [9.17, 15) is 9.59 Å². The number of fused-ring (bicyclic) bond motifs is 4. The molecular weight excluding hydrogens is 294 g/mol. The van der Waals surface area contributed by atoms with Gasteiger partial charge in [-0.05, 0) is 31.2 Å². The SMILES string of the molecule is O=C(NC[C@H]1[C@@H]2CNC[C@@H](C2)c2cccc(=O)n21)[C@@H]1CCCO1. The molecule has 4 rings (SSSR count). The maximum atomic E-state index is 12.4. The highest BCUT2D eigenvalue weighted by Crippen LogP contribution is 2.38. The van der Waals surface area contributed by atoms with E-state index in [1.165, 1.54) is 0 Å². The van der Waals surface area contributed by atoms with E-state index >= 15 is 0 Å². The van der Waals surface area contributed by atoms with Crippen molar-refractivity contribution in [3.8, 4) is 0 Å². The van der Waals surface area contributed by atoms with E-state index < -0.39 is 0 Å². The number of aromatic nitrogens is 1. The van der Waals surface area contributed by atoms with E-state index in [-0.39, 0.29) is 23.6 Å². The number of nitrogens with one attached hydrogen (secondary N) is 2. The minimum Gasteiger partial charge on any atom is -0.368 e. The largest absolute Gasteiger partial charge is 0.368 e. The molecule has 2 saturated heterocycles. The van der Waals surface area contributed by atoms with Gasteiger partial charge in [-0.15, -0.1) is 0 Å². The molecule has 2 fully saturated rings. The van der Waals surface area contributed by atoms with Crippen molar-refractivity contribution in [3.05, 3.63) is 34.2 Å². The molecule has 23 heavy (non-hydrogen) atoms. The van der Waals surface area contributed by atoms with Gasteiger partial charge in [0, 0.05) is 43.9 Å². The van der Waals surface area contributed by atoms with E-state index in [1.807, 2.05) is 16.7 Å². The number of carbonyl (C=O) groups excluding carboxylic acids is 1. The molecule has 2 bridgehead atoms. The fourth-order valence-corrected chi connectivity index (χ4v) is 4.27. The predicted molar refractivity (Wildman–Crippen MR) is 85.4 cm³/mol. The molecular formula is C17H23N3O3. The first-order chi connectivity index (χ1) is 11.2. The van der Waals surface area contributed by atoms with Crippen LogP contribution >= 0.6 is 0 Å². The van der Waals surface area contributed by atoms with E-state index in [1.54, 1.807) is 6.07 Å². The first-order valence-corrected chi connectivity index (χ1v) is 8.55. The fraction of sp³-hybridized carbons (Fsp3) is 0.647. The summed E-state index contributed by atoms with van der Waals surface area (Å²) < 4.78 is 7.35. The molecule has 1 amide bonds. The summed E-state index contributed by atoms with van der Waals surface area (Å²) >= 11 is 0. The summed E-state index contributed by atoms with van der Waals surface area (Å²) in [6, 6.07) is 5.52. The Bertz CT molecular complexity index is 651. The van der Waals surface area contributed by atoms with Gasteiger partial charge in [-0.2, -0.15) is 0 Å². The fourth-order valence-electron chi connectivity index (χ4n) is 4.27. The molecule has 6 heteroatoms. The number of carbonyl (C=O) groups is 1. The summed E-state index contributed by atoms with van der Waals surface area (Å²) in [5.41, 5.74) is 1.13. The lowest BCUT2D eigenvalue weighted by atomic mass is 9.79. The summed E-state index contributed by atoms with van der Waals surface area (Å²) in [5.74, 6) is 0.734. The van der Waals surface area contributed by atoms with Crippen molar-refractivity contribution >= 4 is 5.91 Å². The van der Waals surface area contributed by atoms with Crippen LogP contribution in [0.1, 0.15) is 36.9 Å². The van der Waals surface area contributed by atoms with Crippen molar-refractivity contribution in [3.63, 3.8) is 0 Å². The molecule has 3 aliphatic heterocycles. The van der Waals surface area contributed by atoms with Crippen LogP contribution in [-0.4, -0.2) is 42.8 Å². The van der Waals surface area contributed by atoms with E-state index in [0.29, 0.717) is 25.0 Å². The second-order valence-corrected chi connectivity index (χ2v) is 6.82. The molecule has 4 atom stereocenters. The molecule has 0 unspecified atom stereocenters. The third-order valence-corrected chi connectivity index (χ3v) is 5.41. The summed E-state index contributed by atoms with van der Waals surface area (Å²) in [4.78, 5) is 24.6. The molecule has 2 N–H and O–H groups in total. The van der Waals surface area contributed by atoms with Crippen molar-refractivity contribution in [2.24, 2.45) is 5.92 Å². The maximum absolute atomic E-state index is 12.4. The maximum Gasteiger partial charge on any atom is 0.251 e. The monoisotopic (exact) mass is 317 g/mol. The molecule has 0 aliphatic carbocycles. The Morgan fingerprint density at radius 1 is 1.39 bits per heavy atom. The van der Waals surface area contributed by atoms with Crippen LogP contribution in [0.25, 0.3) is 0 Å². The minimum atomic E-state index is -0.317. The third-order valence-electron chi connectivity index (χ3n) is 5.41. The second-order valence-electron chi connectivity index (χ2n) is 6.82. The zero-order valence-electron chi connectivity index (χ0n) is 13.2. The van der Waals surface area contributed by atoms with Crippen molar-refractivity contribution in [2.75, 3.05) is 26.2 Å². The highest BCUT2D eigenvalue weighted by molar-refractivity contribution is 5.80. The quantitative estimate of drug-likeness (QED) is 0.846. The summed E-state index contributed by atoms with van der Waals surface area (Å²) in [6.45, 7) is 2.99. The molecule has 1 aromatic rings. The van der Waals surface area contributed by atoms with Crippen LogP contribution in [0.2, 0.25) is 0 Å². The molecule has 4 heterocycles. The van der Waals surface area contributed by atoms with Gasteiger partial charge in [0.05, 0.1) is 6.04 Å². The van der Waals surface area contributed by atoms with Crippen molar-refractivity contribution < 1.29 is 9.53 Å². The van der Waals surface area contributed by atoms with Crippen LogP contribution in [0.4, 0.5) is 0 Å². The van der Waals surface area contributed by atoms with Crippen LogP contribution in [0.15, 0.2) is 23.0 Å². The average molecular weight is 317 g/mol. The van der Waals surface area contributed by atoms with E-state index in [4.69, 9.17) is 4.74 Å². The van der Waals surface area contributed by atoms with E-state index in [2.05, 4.69) is 10.6 Å². The summed E-state index contributed by atoms with van der Waals surface area (Å²) in [7, 11) is 0. The van der Waals surface area contributed by atoms with Crippen LogP contribution in [-0.2, 0) is 9.53 Å². The number of pyridine rings is 1. The molecule has 1 aromatic heterocycles. The Kier molecular flexibility index (Phi) is 3.95. The zero-order valence-corrected chi connectivity index (χ0v) is 13.2. The van der Waals surface area contributed by atoms with E-state index in [0.717, 1.165) is 38.0 Å². The van der Waals surface area contributed by atoms with Gasteiger partial charge >= 0.3 is 0 Å². The highest BCUT2D eigenvalue weighted by atomic mass is 16.5. The van der Waals surface area contributed by atoms with Gasteiger partial charge in [0.25, 0.3) is 5.56 Å². The van der Waals surface area contributed by atoms with Gasteiger partial charge in [0.1, 0.15) is 6.10 Å². The number of ether oxygens (including phenoxy) is 1. The first kappa shape index (κ1) is 14.9. The van der Waals surface area contributed by atoms with Gasteiger partial charge < -0.3 is 19.9 Å². The lowest BCUT2D eigenvalue weighted by Gasteiger charge is -2.43. The lowest BCUT2D eigenvalue weighted by molar-refractivity contribution is -0.130. The molecule has 0 saturated carbocycles. The van der Waals surface area contributed by atoms with Gasteiger partial charge in [-0.3, -0.25) is 9.59 Å². The van der Waals surface area contributed by atoms with Crippen LogP contribution in [0.5, 0.6) is 0 Å². The summed E-state index contributed by atoms with van der Waals surface area (Å²) in [5, 5.41) is 6.48. The smallest absolute Gasteiger partial charge is 0.251 e. The number of piperidine rings is 1. The normalized spacial score (nSPS) is 32.3. The number of amides is 1. The van der Waals surface area contributed by atoms with Crippen molar-refractivity contribution in [1.29, 1.82) is 0 Å². The molecule has 0 aromatic carbocycles. The van der Waals surface area contributed by atoms with Gasteiger partial charge in [0.2, 0.25) is 5.91 Å². The predicted octanol–water partition coefficient (Wildman–Crippen LogP) is 0.391. The topological polar surface area (TPSA) is 72.4 Å². The molecule has 0 spiro atoms.